The molecule has 0 aliphatic rings. The SMILES string of the molecule is Cc1ccc(C(C(C)C)C(C)(C)S)cc1. The van der Waals surface area contributed by atoms with Gasteiger partial charge in [0.05, 0.1) is 0 Å². The highest BCUT2D eigenvalue weighted by Crippen LogP contribution is 2.38. The fraction of sp³-hybridized carbons (Fsp3) is 0.571. The van der Waals surface area contributed by atoms with Crippen molar-refractivity contribution in [2.75, 3.05) is 0 Å². The van der Waals surface area contributed by atoms with E-state index in [2.05, 4.69) is 58.9 Å². The molecule has 1 rings (SSSR count). The first kappa shape index (κ1) is 12.6. The third-order valence-electron chi connectivity index (χ3n) is 2.86. The van der Waals surface area contributed by atoms with Crippen molar-refractivity contribution >= 4 is 12.6 Å². The average Bonchev–Trinajstić information content (AvgIpc) is 2.05. The largest absolute Gasteiger partial charge is 0.172 e. The molecule has 1 aromatic rings. The van der Waals surface area contributed by atoms with Gasteiger partial charge in [-0.2, -0.15) is 12.6 Å². The van der Waals surface area contributed by atoms with E-state index in [4.69, 9.17) is 12.6 Å². The van der Waals surface area contributed by atoms with E-state index in [1.54, 1.807) is 0 Å². The van der Waals surface area contributed by atoms with Crippen molar-refractivity contribution in [3.63, 3.8) is 0 Å². The van der Waals surface area contributed by atoms with E-state index in [9.17, 15) is 0 Å². The summed E-state index contributed by atoms with van der Waals surface area (Å²) in [5, 5.41) is 0. The standard InChI is InChI=1S/C14H22S/c1-10(2)13(14(4,5)15)12-8-6-11(3)7-9-12/h6-10,13,15H,1-5H3. The van der Waals surface area contributed by atoms with Gasteiger partial charge in [-0.25, -0.2) is 0 Å². The summed E-state index contributed by atoms with van der Waals surface area (Å²) >= 11 is 4.73. The zero-order chi connectivity index (χ0) is 11.6. The van der Waals surface area contributed by atoms with Gasteiger partial charge in [-0.15, -0.1) is 0 Å². The molecule has 0 heterocycles. The Bertz CT molecular complexity index is 303. The molecule has 1 heteroatoms. The minimum Gasteiger partial charge on any atom is -0.172 e. The zero-order valence-electron chi connectivity index (χ0n) is 10.4. The Hall–Kier alpha value is -0.430. The van der Waals surface area contributed by atoms with Crippen LogP contribution in [0.3, 0.4) is 0 Å². The predicted octanol–water partition coefficient (Wildman–Crippen LogP) is 4.44. The van der Waals surface area contributed by atoms with Crippen LogP contribution in [-0.2, 0) is 0 Å². The van der Waals surface area contributed by atoms with Crippen molar-refractivity contribution < 1.29 is 0 Å². The second-order valence-electron chi connectivity index (χ2n) is 5.29. The Morgan fingerprint density at radius 2 is 1.53 bits per heavy atom. The average molecular weight is 222 g/mol. The topological polar surface area (TPSA) is 0 Å². The van der Waals surface area contributed by atoms with E-state index in [1.807, 2.05) is 0 Å². The maximum atomic E-state index is 4.73. The lowest BCUT2D eigenvalue weighted by molar-refractivity contribution is 0.421. The van der Waals surface area contributed by atoms with E-state index in [0.29, 0.717) is 11.8 Å². The van der Waals surface area contributed by atoms with Crippen LogP contribution in [0.25, 0.3) is 0 Å². The molecule has 15 heavy (non-hydrogen) atoms. The van der Waals surface area contributed by atoms with Crippen LogP contribution in [0.5, 0.6) is 0 Å². The molecule has 0 radical (unpaired) electrons. The summed E-state index contributed by atoms with van der Waals surface area (Å²) in [7, 11) is 0. The molecule has 1 aromatic carbocycles. The zero-order valence-corrected chi connectivity index (χ0v) is 11.3. The molecule has 0 bridgehead atoms. The van der Waals surface area contributed by atoms with Crippen LogP contribution in [-0.4, -0.2) is 4.75 Å². The summed E-state index contributed by atoms with van der Waals surface area (Å²) in [5.74, 6) is 1.11. The van der Waals surface area contributed by atoms with Crippen molar-refractivity contribution in [3.8, 4) is 0 Å². The quantitative estimate of drug-likeness (QED) is 0.718. The molecule has 1 unspecified atom stereocenters. The second kappa shape index (κ2) is 4.61. The van der Waals surface area contributed by atoms with Gasteiger partial charge in [0.1, 0.15) is 0 Å². The molecule has 0 spiro atoms. The Kier molecular flexibility index (Phi) is 3.88. The third-order valence-corrected chi connectivity index (χ3v) is 3.14. The molecule has 0 aliphatic carbocycles. The molecule has 1 atom stereocenters. The maximum Gasteiger partial charge on any atom is 0.0144 e. The first-order valence-electron chi connectivity index (χ1n) is 5.61. The van der Waals surface area contributed by atoms with E-state index in [1.165, 1.54) is 11.1 Å². The number of hydrogen-bond acceptors (Lipinski definition) is 1. The van der Waals surface area contributed by atoms with Crippen molar-refractivity contribution in [3.05, 3.63) is 35.4 Å². The number of hydrogen-bond donors (Lipinski definition) is 1. The lowest BCUT2D eigenvalue weighted by atomic mass is 9.79. The maximum absolute atomic E-state index is 4.73. The molecule has 0 saturated heterocycles. The first-order chi connectivity index (χ1) is 6.82. The predicted molar refractivity (Wildman–Crippen MR) is 71.8 cm³/mol. The van der Waals surface area contributed by atoms with Crippen LogP contribution < -0.4 is 0 Å². The van der Waals surface area contributed by atoms with Crippen molar-refractivity contribution in [1.82, 2.24) is 0 Å². The fourth-order valence-corrected chi connectivity index (χ4v) is 2.83. The van der Waals surface area contributed by atoms with Crippen molar-refractivity contribution in [1.29, 1.82) is 0 Å². The molecule has 0 N–H and O–H groups in total. The molecule has 0 amide bonds. The number of rotatable bonds is 3. The minimum absolute atomic E-state index is 0.0312. The monoisotopic (exact) mass is 222 g/mol. The van der Waals surface area contributed by atoms with E-state index in [0.717, 1.165) is 0 Å². The lowest BCUT2D eigenvalue weighted by Crippen LogP contribution is -2.27. The molecule has 0 aromatic heterocycles. The number of benzene rings is 1. The van der Waals surface area contributed by atoms with Gasteiger partial charge < -0.3 is 0 Å². The summed E-state index contributed by atoms with van der Waals surface area (Å²) in [6, 6.07) is 8.84. The molecule has 0 fully saturated rings. The van der Waals surface area contributed by atoms with Gasteiger partial charge in [-0.1, -0.05) is 57.5 Å². The van der Waals surface area contributed by atoms with Gasteiger partial charge in [0, 0.05) is 10.7 Å². The normalized spacial score (nSPS) is 14.3. The summed E-state index contributed by atoms with van der Waals surface area (Å²) in [6.07, 6.45) is 0. The van der Waals surface area contributed by atoms with Crippen LogP contribution in [0.1, 0.15) is 44.7 Å². The third kappa shape index (κ3) is 3.27. The van der Waals surface area contributed by atoms with Crippen LogP contribution in [0, 0.1) is 12.8 Å². The van der Waals surface area contributed by atoms with Gasteiger partial charge in [-0.05, 0) is 18.4 Å². The molecule has 0 saturated carbocycles. The molecule has 0 aliphatic heterocycles. The Morgan fingerprint density at radius 1 is 1.07 bits per heavy atom. The van der Waals surface area contributed by atoms with E-state index < -0.39 is 0 Å². The van der Waals surface area contributed by atoms with Gasteiger partial charge in [0.15, 0.2) is 0 Å². The minimum atomic E-state index is 0.0312. The van der Waals surface area contributed by atoms with Crippen LogP contribution in [0.15, 0.2) is 24.3 Å². The highest BCUT2D eigenvalue weighted by Gasteiger charge is 2.29. The summed E-state index contributed by atoms with van der Waals surface area (Å²) < 4.78 is 0.0312. The molecular formula is C14H22S. The highest BCUT2D eigenvalue weighted by atomic mass is 32.1. The van der Waals surface area contributed by atoms with Gasteiger partial charge >= 0.3 is 0 Å². The number of aryl methyl sites for hydroxylation is 1. The second-order valence-corrected chi connectivity index (χ2v) is 6.44. The summed E-state index contributed by atoms with van der Waals surface area (Å²) in [5.41, 5.74) is 2.72. The summed E-state index contributed by atoms with van der Waals surface area (Å²) in [6.45, 7) is 11.0. The van der Waals surface area contributed by atoms with E-state index >= 15 is 0 Å². The summed E-state index contributed by atoms with van der Waals surface area (Å²) in [4.78, 5) is 0. The van der Waals surface area contributed by atoms with Gasteiger partial charge in [-0.3, -0.25) is 0 Å². The molecule has 0 nitrogen and oxygen atoms in total. The van der Waals surface area contributed by atoms with Crippen LogP contribution in [0.2, 0.25) is 0 Å². The lowest BCUT2D eigenvalue weighted by Gasteiger charge is -2.33. The fourth-order valence-electron chi connectivity index (χ4n) is 2.38. The smallest absolute Gasteiger partial charge is 0.0144 e. The van der Waals surface area contributed by atoms with Crippen LogP contribution >= 0.6 is 12.6 Å². The van der Waals surface area contributed by atoms with Crippen LogP contribution in [0.4, 0.5) is 0 Å². The molecular weight excluding hydrogens is 200 g/mol. The Morgan fingerprint density at radius 3 is 1.87 bits per heavy atom. The van der Waals surface area contributed by atoms with E-state index in [-0.39, 0.29) is 4.75 Å². The molecule has 84 valence electrons. The highest BCUT2D eigenvalue weighted by molar-refractivity contribution is 7.81. The first-order valence-corrected chi connectivity index (χ1v) is 6.06. The number of thiol groups is 1. The van der Waals surface area contributed by atoms with Gasteiger partial charge in [0.2, 0.25) is 0 Å². The Balaban J connectivity index is 3.05. The van der Waals surface area contributed by atoms with Crippen molar-refractivity contribution in [2.45, 2.75) is 45.3 Å². The van der Waals surface area contributed by atoms with Crippen molar-refractivity contribution in [2.24, 2.45) is 5.92 Å². The Labute approximate surface area is 99.5 Å². The van der Waals surface area contributed by atoms with Gasteiger partial charge in [0.25, 0.3) is 0 Å².